The number of carbonyl (C=O) groups is 2. The van der Waals surface area contributed by atoms with Crippen LogP contribution in [0, 0.1) is 17.0 Å². The first kappa shape index (κ1) is 20.7. The van der Waals surface area contributed by atoms with Gasteiger partial charge in [-0.25, -0.2) is 4.68 Å². The van der Waals surface area contributed by atoms with Gasteiger partial charge in [-0.05, 0) is 44.2 Å². The molecule has 3 aromatic rings. The molecule has 0 saturated carbocycles. The largest absolute Gasteiger partial charge is 0.496 e. The molecule has 2 aromatic carbocycles. The van der Waals surface area contributed by atoms with Crippen molar-refractivity contribution >= 4 is 23.2 Å². The second-order valence-corrected chi connectivity index (χ2v) is 6.66. The normalized spacial score (nSPS) is 10.5. The third-order valence-electron chi connectivity index (χ3n) is 4.44. The molecule has 0 saturated heterocycles. The van der Waals surface area contributed by atoms with E-state index in [0.29, 0.717) is 34.1 Å². The first-order valence-corrected chi connectivity index (χ1v) is 9.07. The lowest BCUT2D eigenvalue weighted by Crippen LogP contribution is -2.17. The summed E-state index contributed by atoms with van der Waals surface area (Å²) in [6.07, 6.45) is -0.00518. The minimum atomic E-state index is -0.483. The summed E-state index contributed by atoms with van der Waals surface area (Å²) in [5, 5.41) is 18.0. The van der Waals surface area contributed by atoms with Gasteiger partial charge in [0.15, 0.2) is 5.78 Å². The van der Waals surface area contributed by atoms with Gasteiger partial charge in [0.2, 0.25) is 5.91 Å². The van der Waals surface area contributed by atoms with Crippen molar-refractivity contribution in [2.45, 2.75) is 20.3 Å². The summed E-state index contributed by atoms with van der Waals surface area (Å²) in [6.45, 7) is 3.23. The number of aryl methyl sites for hydroxylation is 1. The Bertz CT molecular complexity index is 1120. The monoisotopic (exact) mass is 408 g/mol. The van der Waals surface area contributed by atoms with Crippen LogP contribution in [0.25, 0.3) is 5.69 Å². The van der Waals surface area contributed by atoms with Gasteiger partial charge in [-0.15, -0.1) is 0 Å². The number of nitro groups is 1. The van der Waals surface area contributed by atoms with Crippen LogP contribution < -0.4 is 10.1 Å². The third kappa shape index (κ3) is 4.52. The fourth-order valence-corrected chi connectivity index (χ4v) is 3.00. The summed E-state index contributed by atoms with van der Waals surface area (Å²) in [5.41, 5.74) is 2.27. The molecule has 1 heterocycles. The Morgan fingerprint density at radius 3 is 2.47 bits per heavy atom. The highest BCUT2D eigenvalue weighted by Gasteiger charge is 2.15. The Balaban J connectivity index is 1.84. The number of ether oxygens (including phenoxy) is 1. The molecule has 0 atom stereocenters. The van der Waals surface area contributed by atoms with Gasteiger partial charge in [-0.1, -0.05) is 0 Å². The van der Waals surface area contributed by atoms with Gasteiger partial charge in [-0.3, -0.25) is 19.7 Å². The molecule has 3 rings (SSSR count). The maximum atomic E-state index is 12.7. The van der Waals surface area contributed by atoms with Crippen LogP contribution in [0.15, 0.2) is 48.5 Å². The van der Waals surface area contributed by atoms with Crippen LogP contribution in [-0.4, -0.2) is 33.5 Å². The van der Waals surface area contributed by atoms with E-state index in [2.05, 4.69) is 10.4 Å². The predicted octanol–water partition coefficient (Wildman–Crippen LogP) is 3.48. The number of Topliss-reactive ketones (excluding diaryl/α,β-unsaturated/α-hetero) is 1. The van der Waals surface area contributed by atoms with E-state index in [1.54, 1.807) is 43.3 Å². The van der Waals surface area contributed by atoms with Crippen LogP contribution in [0.1, 0.15) is 28.5 Å². The smallest absolute Gasteiger partial charge is 0.269 e. The number of nitro benzene ring substituents is 1. The quantitative estimate of drug-likeness (QED) is 0.363. The van der Waals surface area contributed by atoms with Gasteiger partial charge < -0.3 is 10.1 Å². The lowest BCUT2D eigenvalue weighted by molar-refractivity contribution is -0.384. The maximum absolute atomic E-state index is 12.7. The van der Waals surface area contributed by atoms with Crippen LogP contribution >= 0.6 is 0 Å². The molecule has 1 N–H and O–H groups in total. The minimum Gasteiger partial charge on any atom is -0.496 e. The Morgan fingerprint density at radius 2 is 1.87 bits per heavy atom. The summed E-state index contributed by atoms with van der Waals surface area (Å²) in [6, 6.07) is 12.5. The van der Waals surface area contributed by atoms with E-state index in [1.807, 2.05) is 0 Å². The number of non-ortho nitro benzene ring substituents is 1. The van der Waals surface area contributed by atoms with E-state index in [4.69, 9.17) is 4.74 Å². The molecule has 1 aromatic heterocycles. The molecule has 9 nitrogen and oxygen atoms in total. The van der Waals surface area contributed by atoms with Gasteiger partial charge in [0.25, 0.3) is 5.69 Å². The van der Waals surface area contributed by atoms with E-state index in [1.165, 1.54) is 30.8 Å². The number of benzene rings is 2. The number of nitrogens with one attached hydrogen (secondary N) is 1. The summed E-state index contributed by atoms with van der Waals surface area (Å²) < 4.78 is 6.80. The lowest BCUT2D eigenvalue weighted by Gasteiger charge is -2.11. The second kappa shape index (κ2) is 8.56. The maximum Gasteiger partial charge on any atom is 0.269 e. The topological polar surface area (TPSA) is 116 Å². The Hall–Kier alpha value is -4.01. The van der Waals surface area contributed by atoms with Gasteiger partial charge in [-0.2, -0.15) is 5.10 Å². The van der Waals surface area contributed by atoms with Crippen molar-refractivity contribution < 1.29 is 19.2 Å². The molecule has 9 heteroatoms. The van der Waals surface area contributed by atoms with Crippen molar-refractivity contribution in [1.29, 1.82) is 0 Å². The van der Waals surface area contributed by atoms with Crippen LogP contribution in [-0.2, 0) is 11.2 Å². The SMILES string of the molecule is COc1ccc(C(C)=O)cc1CC(=O)Nc1cc(C)nn1-c1ccc([N+](=O)[O-])cc1. The van der Waals surface area contributed by atoms with Crippen LogP contribution in [0.4, 0.5) is 11.5 Å². The van der Waals surface area contributed by atoms with E-state index < -0.39 is 4.92 Å². The van der Waals surface area contributed by atoms with Crippen LogP contribution in [0.2, 0.25) is 0 Å². The predicted molar refractivity (Wildman–Crippen MR) is 110 cm³/mol. The number of aromatic nitrogens is 2. The highest BCUT2D eigenvalue weighted by molar-refractivity contribution is 5.96. The molecule has 1 amide bonds. The highest BCUT2D eigenvalue weighted by atomic mass is 16.6. The number of methoxy groups -OCH3 is 1. The van der Waals surface area contributed by atoms with Crippen molar-refractivity contribution in [1.82, 2.24) is 9.78 Å². The van der Waals surface area contributed by atoms with Gasteiger partial charge in [0, 0.05) is 29.3 Å². The molecule has 0 radical (unpaired) electrons. The van der Waals surface area contributed by atoms with Crippen molar-refractivity contribution in [3.8, 4) is 11.4 Å². The Morgan fingerprint density at radius 1 is 1.17 bits per heavy atom. The number of hydrogen-bond donors (Lipinski definition) is 1. The van der Waals surface area contributed by atoms with Crippen LogP contribution in [0.3, 0.4) is 0 Å². The standard InChI is InChI=1S/C21H20N4O5/c1-13-10-20(24(23-13)17-5-7-18(8-6-17)25(28)29)22-21(27)12-16-11-15(14(2)26)4-9-19(16)30-3/h4-11H,12H2,1-3H3,(H,22,27). The van der Waals surface area contributed by atoms with Crippen molar-refractivity contribution in [3.63, 3.8) is 0 Å². The molecule has 0 fully saturated rings. The molecule has 0 unspecified atom stereocenters. The first-order valence-electron chi connectivity index (χ1n) is 9.07. The average molecular weight is 408 g/mol. The molecule has 0 aliphatic rings. The molecule has 0 aliphatic heterocycles. The third-order valence-corrected chi connectivity index (χ3v) is 4.44. The molecule has 0 bridgehead atoms. The molecule has 0 aliphatic carbocycles. The number of amides is 1. The summed E-state index contributed by atoms with van der Waals surface area (Å²) >= 11 is 0. The zero-order valence-electron chi connectivity index (χ0n) is 16.7. The summed E-state index contributed by atoms with van der Waals surface area (Å²) in [4.78, 5) is 34.7. The number of nitrogens with zero attached hydrogens (tertiary/aromatic N) is 3. The second-order valence-electron chi connectivity index (χ2n) is 6.66. The summed E-state index contributed by atoms with van der Waals surface area (Å²) in [7, 11) is 1.50. The molecular weight excluding hydrogens is 388 g/mol. The van der Waals surface area contributed by atoms with Gasteiger partial charge >= 0.3 is 0 Å². The summed E-state index contributed by atoms with van der Waals surface area (Å²) in [5.74, 6) is 0.506. The molecule has 30 heavy (non-hydrogen) atoms. The number of hydrogen-bond acceptors (Lipinski definition) is 6. The first-order chi connectivity index (χ1) is 14.3. The van der Waals surface area contributed by atoms with Crippen LogP contribution in [0.5, 0.6) is 5.75 Å². The van der Waals surface area contributed by atoms with E-state index in [9.17, 15) is 19.7 Å². The number of rotatable bonds is 7. The Labute approximate surface area is 172 Å². The number of carbonyl (C=O) groups excluding carboxylic acids is 2. The van der Waals surface area contributed by atoms with Gasteiger partial charge in [0.05, 0.1) is 29.8 Å². The lowest BCUT2D eigenvalue weighted by atomic mass is 10.0. The minimum absolute atomic E-state index is 0.00518. The average Bonchev–Trinajstić information content (AvgIpc) is 3.07. The van der Waals surface area contributed by atoms with Crippen molar-refractivity contribution in [2.24, 2.45) is 0 Å². The zero-order valence-corrected chi connectivity index (χ0v) is 16.7. The zero-order chi connectivity index (χ0) is 21.8. The van der Waals surface area contributed by atoms with E-state index >= 15 is 0 Å². The van der Waals surface area contributed by atoms with Gasteiger partial charge in [0.1, 0.15) is 11.6 Å². The molecular formula is C21H20N4O5. The Kier molecular flexibility index (Phi) is 5.91. The number of ketones is 1. The fraction of sp³-hybridized carbons (Fsp3) is 0.190. The van der Waals surface area contributed by atoms with E-state index in [-0.39, 0.29) is 23.8 Å². The van der Waals surface area contributed by atoms with E-state index in [0.717, 1.165) is 0 Å². The fourth-order valence-electron chi connectivity index (χ4n) is 3.00. The molecule has 0 spiro atoms. The van der Waals surface area contributed by atoms with Crippen molar-refractivity contribution in [3.05, 3.63) is 75.5 Å². The number of anilines is 1. The molecule has 154 valence electrons. The van der Waals surface area contributed by atoms with Crippen molar-refractivity contribution in [2.75, 3.05) is 12.4 Å². The highest BCUT2D eigenvalue weighted by Crippen LogP contribution is 2.23.